The molecule has 26 heavy (non-hydrogen) atoms. The van der Waals surface area contributed by atoms with Crippen LogP contribution in [0.4, 0.5) is 0 Å². The highest BCUT2D eigenvalue weighted by Gasteiger charge is 2.37. The lowest BCUT2D eigenvalue weighted by Gasteiger charge is -2.43. The van der Waals surface area contributed by atoms with E-state index in [0.717, 1.165) is 10.9 Å². The summed E-state index contributed by atoms with van der Waals surface area (Å²) in [6.07, 6.45) is 12.3. The molecular weight excluding hydrogens is 338 g/mol. The number of likely N-dealkylation sites (N-methyl/N-ethyl adjacent to an activating group) is 1. The lowest BCUT2D eigenvalue weighted by Crippen LogP contribution is -2.40. The normalized spacial score (nSPS) is 22.5. The number of rotatable bonds is 4. The first-order valence-corrected chi connectivity index (χ1v) is 12.3. The molecule has 0 bridgehead atoms. The van der Waals surface area contributed by atoms with Crippen molar-refractivity contribution in [2.45, 2.75) is 46.3 Å². The third-order valence-electron chi connectivity index (χ3n) is 5.42. The van der Waals surface area contributed by atoms with Crippen LogP contribution in [0.5, 0.6) is 0 Å². The van der Waals surface area contributed by atoms with Gasteiger partial charge in [-0.2, -0.15) is 0 Å². The van der Waals surface area contributed by atoms with Crippen LogP contribution in [0.25, 0.3) is 0 Å². The van der Waals surface area contributed by atoms with Gasteiger partial charge in [-0.15, -0.1) is 0 Å². The summed E-state index contributed by atoms with van der Waals surface area (Å²) in [5.74, 6) is 0. The quantitative estimate of drug-likeness (QED) is 0.699. The van der Waals surface area contributed by atoms with Gasteiger partial charge in [-0.25, -0.2) is 10.0 Å². The molecule has 0 saturated carbocycles. The summed E-state index contributed by atoms with van der Waals surface area (Å²) in [7, 11) is 3.69. The number of benzene rings is 1. The van der Waals surface area contributed by atoms with Gasteiger partial charge in [0.25, 0.3) is 0 Å². The maximum absolute atomic E-state index is 10.8. The van der Waals surface area contributed by atoms with Crippen LogP contribution >= 0.6 is 10.0 Å². The van der Waals surface area contributed by atoms with Gasteiger partial charge in [-0.1, -0.05) is 45.0 Å². The molecule has 1 N–H and O–H groups in total. The molecule has 1 aromatic carbocycles. The van der Waals surface area contributed by atoms with Crippen molar-refractivity contribution >= 4 is 10.0 Å². The molecule has 0 saturated heterocycles. The molecule has 2 unspecified atom stereocenters. The van der Waals surface area contributed by atoms with Gasteiger partial charge in [0, 0.05) is 16.9 Å². The molecule has 1 aliphatic heterocycles. The standard InChI is InChI=1S/C23H38NOS/c1-17-12-10-11-13-19(17)20-14-18(15-22(25)23(2,3)4)21(26(7,8)9)16-24(20,5)6/h10-14,16,20,22,25H,15H2,1-9H3/q+1. The van der Waals surface area contributed by atoms with Crippen LogP contribution in [0, 0.1) is 12.3 Å². The summed E-state index contributed by atoms with van der Waals surface area (Å²) in [6.45, 7) is 8.55. The summed E-state index contributed by atoms with van der Waals surface area (Å²) in [5.41, 5.74) is 3.93. The Morgan fingerprint density at radius 3 is 2.19 bits per heavy atom. The first-order valence-electron chi connectivity index (χ1n) is 9.43. The minimum atomic E-state index is -0.887. The number of nitrogens with zero attached hydrogens (tertiary/aromatic N) is 1. The molecule has 2 rings (SSSR count). The fourth-order valence-electron chi connectivity index (χ4n) is 3.53. The molecule has 0 spiro atoms. The molecule has 2 atom stereocenters. The summed E-state index contributed by atoms with van der Waals surface area (Å²) in [4.78, 5) is 1.44. The predicted molar refractivity (Wildman–Crippen MR) is 118 cm³/mol. The zero-order chi connectivity index (χ0) is 19.9. The second-order valence-electron chi connectivity index (χ2n) is 10.0. The third kappa shape index (κ3) is 4.62. The number of aryl methyl sites for hydroxylation is 1. The zero-order valence-corrected chi connectivity index (χ0v) is 18.9. The average Bonchev–Trinajstić information content (AvgIpc) is 2.47. The minimum Gasteiger partial charge on any atom is -0.392 e. The van der Waals surface area contributed by atoms with Gasteiger partial charge in [-0.05, 0) is 48.3 Å². The maximum Gasteiger partial charge on any atom is 0.138 e. The van der Waals surface area contributed by atoms with Crippen molar-refractivity contribution < 1.29 is 9.59 Å². The van der Waals surface area contributed by atoms with Gasteiger partial charge < -0.3 is 5.11 Å². The molecule has 0 amide bonds. The summed E-state index contributed by atoms with van der Waals surface area (Å²) < 4.78 is 0.819. The van der Waals surface area contributed by atoms with E-state index in [1.165, 1.54) is 21.6 Å². The molecule has 0 fully saturated rings. The van der Waals surface area contributed by atoms with Gasteiger partial charge in [0.15, 0.2) is 0 Å². The van der Waals surface area contributed by atoms with Crippen molar-refractivity contribution in [2.75, 3.05) is 32.9 Å². The van der Waals surface area contributed by atoms with Crippen LogP contribution in [-0.4, -0.2) is 48.6 Å². The van der Waals surface area contributed by atoms with Crippen LogP contribution in [0.2, 0.25) is 0 Å². The van der Waals surface area contributed by atoms with E-state index in [1.807, 2.05) is 0 Å². The molecule has 1 aromatic rings. The molecule has 0 aliphatic carbocycles. The lowest BCUT2D eigenvalue weighted by molar-refractivity contribution is -0.865. The number of aliphatic hydroxyl groups excluding tert-OH is 1. The largest absolute Gasteiger partial charge is 0.392 e. The van der Waals surface area contributed by atoms with Crippen molar-refractivity contribution in [3.05, 3.63) is 58.1 Å². The molecule has 146 valence electrons. The number of hydrogen-bond donors (Lipinski definition) is 1. The van der Waals surface area contributed by atoms with E-state index in [2.05, 4.69) is 97.1 Å². The zero-order valence-electron chi connectivity index (χ0n) is 18.1. The number of hydrogen-bond acceptors (Lipinski definition) is 1. The smallest absolute Gasteiger partial charge is 0.138 e. The predicted octanol–water partition coefficient (Wildman–Crippen LogP) is 5.39. The topological polar surface area (TPSA) is 20.2 Å². The van der Waals surface area contributed by atoms with E-state index in [0.29, 0.717) is 0 Å². The number of allylic oxidation sites excluding steroid dienone is 1. The van der Waals surface area contributed by atoms with Crippen LogP contribution < -0.4 is 0 Å². The highest BCUT2D eigenvalue weighted by Crippen LogP contribution is 2.53. The van der Waals surface area contributed by atoms with Gasteiger partial charge in [0.2, 0.25) is 0 Å². The van der Waals surface area contributed by atoms with Crippen LogP contribution in [0.15, 0.2) is 47.0 Å². The van der Waals surface area contributed by atoms with Gasteiger partial charge in [-0.3, -0.25) is 4.48 Å². The Hall–Kier alpha value is -1.03. The van der Waals surface area contributed by atoms with E-state index in [4.69, 9.17) is 0 Å². The molecule has 0 aromatic heterocycles. The summed E-state index contributed by atoms with van der Waals surface area (Å²) >= 11 is 0. The van der Waals surface area contributed by atoms with Crippen LogP contribution in [0.3, 0.4) is 0 Å². The van der Waals surface area contributed by atoms with Crippen molar-refractivity contribution in [1.29, 1.82) is 0 Å². The fourth-order valence-corrected chi connectivity index (χ4v) is 5.06. The molecule has 0 radical (unpaired) electrons. The van der Waals surface area contributed by atoms with Gasteiger partial charge in [0.1, 0.15) is 12.2 Å². The van der Waals surface area contributed by atoms with Crippen LogP contribution in [0.1, 0.15) is 44.4 Å². The Kier molecular flexibility index (Phi) is 5.87. The van der Waals surface area contributed by atoms with E-state index < -0.39 is 10.0 Å². The first kappa shape index (κ1) is 21.3. The van der Waals surface area contributed by atoms with Crippen LogP contribution in [-0.2, 0) is 0 Å². The van der Waals surface area contributed by atoms with Crippen molar-refractivity contribution in [2.24, 2.45) is 5.41 Å². The van der Waals surface area contributed by atoms with Gasteiger partial charge in [0.05, 0.1) is 20.2 Å². The molecule has 2 nitrogen and oxygen atoms in total. The summed E-state index contributed by atoms with van der Waals surface area (Å²) in [6, 6.07) is 8.96. The Morgan fingerprint density at radius 1 is 1.12 bits per heavy atom. The van der Waals surface area contributed by atoms with Crippen molar-refractivity contribution in [3.8, 4) is 0 Å². The molecular formula is C23H38NOS+. The lowest BCUT2D eigenvalue weighted by atomic mass is 9.83. The SMILES string of the molecule is Cc1ccccc1C1C=C(CC(O)C(C)(C)C)C(S(C)(C)C)=C[N+]1(C)C. The molecule has 3 heteroatoms. The highest BCUT2D eigenvalue weighted by atomic mass is 32.3. The summed E-state index contributed by atoms with van der Waals surface area (Å²) in [5, 5.41) is 10.8. The van der Waals surface area contributed by atoms with E-state index in [9.17, 15) is 5.11 Å². The Bertz CT molecular complexity index is 716. The van der Waals surface area contributed by atoms with Crippen molar-refractivity contribution in [3.63, 3.8) is 0 Å². The number of aliphatic hydroxyl groups is 1. The third-order valence-corrected chi connectivity index (χ3v) is 7.11. The second kappa shape index (κ2) is 7.18. The monoisotopic (exact) mass is 376 g/mol. The first-order chi connectivity index (χ1) is 11.7. The fraction of sp³-hybridized carbons (Fsp3) is 0.565. The Balaban J connectivity index is 2.55. The van der Waals surface area contributed by atoms with E-state index in [-0.39, 0.29) is 17.6 Å². The van der Waals surface area contributed by atoms with E-state index in [1.54, 1.807) is 0 Å². The molecule has 1 aliphatic rings. The van der Waals surface area contributed by atoms with Crippen molar-refractivity contribution in [1.82, 2.24) is 0 Å². The maximum atomic E-state index is 10.8. The number of quaternary nitrogens is 1. The average molecular weight is 377 g/mol. The minimum absolute atomic E-state index is 0.112. The Morgan fingerprint density at radius 2 is 1.69 bits per heavy atom. The molecule has 1 heterocycles. The Labute approximate surface area is 162 Å². The van der Waals surface area contributed by atoms with E-state index >= 15 is 0 Å². The highest BCUT2D eigenvalue weighted by molar-refractivity contribution is 8.35. The van der Waals surface area contributed by atoms with Gasteiger partial charge >= 0.3 is 0 Å². The second-order valence-corrected chi connectivity index (χ2v) is 14.2.